The monoisotopic (exact) mass is 659 g/mol. The second-order valence-corrected chi connectivity index (χ2v) is 12.0. The number of nitrogens with zero attached hydrogens (tertiary/aromatic N) is 1. The van der Waals surface area contributed by atoms with E-state index in [0.717, 1.165) is 39.0 Å². The van der Waals surface area contributed by atoms with Crippen LogP contribution < -0.4 is 9.47 Å². The third-order valence-corrected chi connectivity index (χ3v) is 8.58. The summed E-state index contributed by atoms with van der Waals surface area (Å²) in [6, 6.07) is 29.9. The Hall–Kier alpha value is -4.19. The molecule has 1 fully saturated rings. The van der Waals surface area contributed by atoms with Crippen molar-refractivity contribution in [3.63, 3.8) is 0 Å². The van der Waals surface area contributed by atoms with E-state index in [4.69, 9.17) is 23.7 Å². The Bertz CT molecular complexity index is 1580. The van der Waals surface area contributed by atoms with E-state index in [1.54, 1.807) is 7.11 Å². The van der Waals surface area contributed by atoms with E-state index in [0.29, 0.717) is 32.8 Å². The number of fused-ring (bicyclic) bond motifs is 1. The third-order valence-electron chi connectivity index (χ3n) is 8.58. The summed E-state index contributed by atoms with van der Waals surface area (Å²) < 4.78 is 29.5. The molecule has 4 atom stereocenters. The van der Waals surface area contributed by atoms with Crippen LogP contribution in [0.3, 0.4) is 0 Å². The third kappa shape index (κ3) is 9.68. The van der Waals surface area contributed by atoms with Crippen LogP contribution >= 0.6 is 0 Å². The number of aliphatic hydroxyl groups excluding tert-OH is 2. The van der Waals surface area contributed by atoms with Crippen molar-refractivity contribution in [2.75, 3.05) is 53.2 Å². The smallest absolute Gasteiger partial charge is 0.407 e. The highest BCUT2D eigenvalue weighted by Gasteiger charge is 2.40. The number of methoxy groups -OCH3 is 1. The molecule has 10 heteroatoms. The number of rotatable bonds is 17. The molecule has 1 aliphatic heterocycles. The van der Waals surface area contributed by atoms with Gasteiger partial charge >= 0.3 is 6.09 Å². The second kappa shape index (κ2) is 17.8. The number of carboxylic acid groups (broad SMARTS) is 1. The number of hydrogen-bond acceptors (Lipinski definition) is 8. The largest absolute Gasteiger partial charge is 0.496 e. The number of hydrogen-bond donors (Lipinski definition) is 3. The Morgan fingerprint density at radius 3 is 2.44 bits per heavy atom. The Labute approximate surface area is 281 Å². The lowest BCUT2D eigenvalue weighted by molar-refractivity contribution is -0.0656. The minimum absolute atomic E-state index is 0.0508. The average molecular weight is 660 g/mol. The summed E-state index contributed by atoms with van der Waals surface area (Å²) in [6.07, 6.45) is -1.77. The molecule has 3 N–H and O–H groups in total. The molecule has 1 heterocycles. The van der Waals surface area contributed by atoms with Gasteiger partial charge in [0.25, 0.3) is 0 Å². The van der Waals surface area contributed by atoms with Crippen LogP contribution in [0.15, 0.2) is 91.0 Å². The zero-order valence-corrected chi connectivity index (χ0v) is 27.3. The lowest BCUT2D eigenvalue weighted by atomic mass is 9.78. The number of carbonyl (C=O) groups is 1. The molecule has 4 aromatic carbocycles. The maximum absolute atomic E-state index is 12.2. The predicted octanol–water partition coefficient (Wildman–Crippen LogP) is 5.48. The Balaban J connectivity index is 1.24. The van der Waals surface area contributed by atoms with Crippen molar-refractivity contribution in [3.8, 4) is 11.5 Å². The number of aliphatic hydroxyl groups is 2. The van der Waals surface area contributed by atoms with E-state index in [1.165, 1.54) is 4.90 Å². The molecule has 256 valence electrons. The van der Waals surface area contributed by atoms with Crippen molar-refractivity contribution in [2.24, 2.45) is 5.92 Å². The fraction of sp³-hybridized carbons (Fsp3) is 0.395. The van der Waals surface area contributed by atoms with Gasteiger partial charge in [-0.2, -0.15) is 0 Å². The molecule has 0 aliphatic carbocycles. The van der Waals surface area contributed by atoms with Gasteiger partial charge < -0.3 is 43.9 Å². The Morgan fingerprint density at radius 1 is 0.896 bits per heavy atom. The van der Waals surface area contributed by atoms with Gasteiger partial charge in [0.2, 0.25) is 0 Å². The van der Waals surface area contributed by atoms with E-state index < -0.39 is 24.9 Å². The molecule has 0 saturated carbocycles. The molecule has 48 heavy (non-hydrogen) atoms. The lowest BCUT2D eigenvalue weighted by Crippen LogP contribution is -2.52. The van der Waals surface area contributed by atoms with Crippen molar-refractivity contribution in [2.45, 2.75) is 37.8 Å². The average Bonchev–Trinajstić information content (AvgIpc) is 3.12. The van der Waals surface area contributed by atoms with Crippen LogP contribution in [-0.2, 0) is 27.4 Å². The zero-order valence-electron chi connectivity index (χ0n) is 27.3. The molecule has 0 aromatic heterocycles. The predicted molar refractivity (Wildman–Crippen MR) is 181 cm³/mol. The first kappa shape index (κ1) is 35.1. The van der Waals surface area contributed by atoms with Gasteiger partial charge in [-0.1, -0.05) is 66.7 Å². The molecule has 1 aliphatic rings. The lowest BCUT2D eigenvalue weighted by Gasteiger charge is -2.43. The van der Waals surface area contributed by atoms with Crippen molar-refractivity contribution in [1.82, 2.24) is 4.90 Å². The Kier molecular flexibility index (Phi) is 13.0. The van der Waals surface area contributed by atoms with Gasteiger partial charge in [0.15, 0.2) is 0 Å². The van der Waals surface area contributed by atoms with Crippen LogP contribution in [0.2, 0.25) is 0 Å². The first-order valence-corrected chi connectivity index (χ1v) is 16.3. The molecule has 0 spiro atoms. The standard InChI is InChI=1S/C38H45NO9/c1-44-35-10-5-4-9-31(35)24-45-17-6-18-47-34-15-13-29(14-16-34)37-32(25-46-26-33(41)22-40)20-39(38(42)43)21-36(37)48-23-27-11-12-28-7-2-3-8-30(28)19-27/h2-5,7-16,19,32-33,36-37,40-41H,6,17-18,20-26H2,1H3,(H,42,43). The quantitative estimate of drug-likeness (QED) is 0.126. The normalized spacial score (nSPS) is 18.5. The van der Waals surface area contributed by atoms with E-state index in [2.05, 4.69) is 24.3 Å². The van der Waals surface area contributed by atoms with Crippen LogP contribution in [0.5, 0.6) is 11.5 Å². The highest BCUT2D eigenvalue weighted by atomic mass is 16.5. The molecular formula is C38H45NO9. The van der Waals surface area contributed by atoms with E-state index in [9.17, 15) is 20.1 Å². The number of piperidine rings is 1. The molecular weight excluding hydrogens is 614 g/mol. The molecule has 4 aromatic rings. The molecule has 5 rings (SSSR count). The van der Waals surface area contributed by atoms with Gasteiger partial charge in [0, 0.05) is 30.4 Å². The van der Waals surface area contributed by atoms with E-state index in [1.807, 2.05) is 66.7 Å². The maximum Gasteiger partial charge on any atom is 0.407 e. The van der Waals surface area contributed by atoms with Crippen LogP contribution in [0.4, 0.5) is 4.79 Å². The van der Waals surface area contributed by atoms with Gasteiger partial charge in [-0.3, -0.25) is 0 Å². The molecule has 1 saturated heterocycles. The van der Waals surface area contributed by atoms with Crippen molar-refractivity contribution >= 4 is 16.9 Å². The molecule has 0 bridgehead atoms. The van der Waals surface area contributed by atoms with Crippen LogP contribution in [0, 0.1) is 5.92 Å². The number of amides is 1. The topological polar surface area (TPSA) is 127 Å². The molecule has 1 amide bonds. The maximum atomic E-state index is 12.2. The Morgan fingerprint density at radius 2 is 1.67 bits per heavy atom. The van der Waals surface area contributed by atoms with E-state index >= 15 is 0 Å². The first-order valence-electron chi connectivity index (χ1n) is 16.3. The summed E-state index contributed by atoms with van der Waals surface area (Å²) in [5.41, 5.74) is 2.97. The summed E-state index contributed by atoms with van der Waals surface area (Å²) in [4.78, 5) is 13.5. The zero-order chi connectivity index (χ0) is 33.7. The molecule has 10 nitrogen and oxygen atoms in total. The summed E-state index contributed by atoms with van der Waals surface area (Å²) in [7, 11) is 1.65. The van der Waals surface area contributed by atoms with Gasteiger partial charge in [-0.05, 0) is 46.2 Å². The van der Waals surface area contributed by atoms with Crippen LogP contribution in [-0.4, -0.2) is 91.8 Å². The van der Waals surface area contributed by atoms with Crippen LogP contribution in [0.1, 0.15) is 29.0 Å². The summed E-state index contributed by atoms with van der Waals surface area (Å²) >= 11 is 0. The fourth-order valence-corrected chi connectivity index (χ4v) is 6.14. The van der Waals surface area contributed by atoms with Gasteiger partial charge in [-0.15, -0.1) is 0 Å². The SMILES string of the molecule is COc1ccccc1COCCCOc1ccc(C2C(COCC(O)CO)CN(C(=O)O)CC2OCc2ccc3ccccc3c2)cc1. The van der Waals surface area contributed by atoms with Crippen molar-refractivity contribution in [3.05, 3.63) is 108 Å². The van der Waals surface area contributed by atoms with Gasteiger partial charge in [0.1, 0.15) is 17.6 Å². The van der Waals surface area contributed by atoms with E-state index in [-0.39, 0.29) is 38.1 Å². The fourth-order valence-electron chi connectivity index (χ4n) is 6.14. The minimum Gasteiger partial charge on any atom is -0.496 e. The summed E-state index contributed by atoms with van der Waals surface area (Å²) in [5.74, 6) is 1.08. The van der Waals surface area contributed by atoms with Gasteiger partial charge in [0.05, 0.1) is 66.0 Å². The highest BCUT2D eigenvalue weighted by molar-refractivity contribution is 5.82. The number of ether oxygens (including phenoxy) is 5. The number of para-hydroxylation sites is 1. The first-order chi connectivity index (χ1) is 23.4. The van der Waals surface area contributed by atoms with Gasteiger partial charge in [-0.25, -0.2) is 4.79 Å². The van der Waals surface area contributed by atoms with Crippen molar-refractivity contribution < 1.29 is 43.8 Å². The second-order valence-electron chi connectivity index (χ2n) is 12.0. The molecule has 0 radical (unpaired) electrons. The highest BCUT2D eigenvalue weighted by Crippen LogP contribution is 2.37. The minimum atomic E-state index is -1.02. The van der Waals surface area contributed by atoms with Crippen molar-refractivity contribution in [1.29, 1.82) is 0 Å². The van der Waals surface area contributed by atoms with Crippen LogP contribution in [0.25, 0.3) is 10.8 Å². The number of likely N-dealkylation sites (tertiary alicyclic amines) is 1. The summed E-state index contributed by atoms with van der Waals surface area (Å²) in [6.45, 7) is 1.99. The molecule has 4 unspecified atom stereocenters. The summed E-state index contributed by atoms with van der Waals surface area (Å²) in [5, 5.41) is 31.3. The number of benzene rings is 4.